The third kappa shape index (κ3) is 3.54. The van der Waals surface area contributed by atoms with E-state index < -0.39 is 5.60 Å². The predicted octanol–water partition coefficient (Wildman–Crippen LogP) is 5.46. The van der Waals surface area contributed by atoms with Crippen molar-refractivity contribution in [3.63, 3.8) is 0 Å². The Balaban J connectivity index is 1.60. The summed E-state index contributed by atoms with van der Waals surface area (Å²) in [5.74, 6) is 1.56. The van der Waals surface area contributed by atoms with Gasteiger partial charge in [-0.05, 0) is 36.8 Å². The van der Waals surface area contributed by atoms with Gasteiger partial charge in [0.15, 0.2) is 5.60 Å². The molecule has 0 aromatic heterocycles. The normalized spacial score (nSPS) is 19.0. The highest BCUT2D eigenvalue weighted by atomic mass is 32.2. The zero-order chi connectivity index (χ0) is 17.8. The number of thioether (sulfide) groups is 1. The lowest BCUT2D eigenvalue weighted by molar-refractivity contribution is 0.114. The van der Waals surface area contributed by atoms with Crippen molar-refractivity contribution in [2.24, 2.45) is 4.99 Å². The number of aliphatic imine (C=N–C) groups is 1. The lowest BCUT2D eigenvalue weighted by Gasteiger charge is -2.29. The molecule has 0 aliphatic carbocycles. The Morgan fingerprint density at radius 3 is 2.23 bits per heavy atom. The molecule has 0 spiro atoms. The van der Waals surface area contributed by atoms with Crippen molar-refractivity contribution in [2.75, 3.05) is 12.3 Å². The minimum Gasteiger partial charge on any atom is -0.463 e. The van der Waals surface area contributed by atoms with Crippen LogP contribution >= 0.6 is 11.8 Å². The Morgan fingerprint density at radius 2 is 1.54 bits per heavy atom. The van der Waals surface area contributed by atoms with E-state index in [1.165, 1.54) is 16.0 Å². The lowest BCUT2D eigenvalue weighted by Crippen LogP contribution is -2.33. The van der Waals surface area contributed by atoms with Crippen LogP contribution in [0.25, 0.3) is 0 Å². The molecule has 1 atom stereocenters. The van der Waals surface area contributed by atoms with Crippen molar-refractivity contribution in [3.05, 3.63) is 102 Å². The van der Waals surface area contributed by atoms with E-state index >= 15 is 0 Å². The summed E-state index contributed by atoms with van der Waals surface area (Å²) in [4.78, 5) is 6.00. The number of ether oxygens (including phenoxy) is 1. The maximum Gasteiger partial charge on any atom is 0.217 e. The second kappa shape index (κ2) is 7.38. The third-order valence-electron chi connectivity index (χ3n) is 4.58. The molecule has 3 heteroatoms. The van der Waals surface area contributed by atoms with Crippen LogP contribution < -0.4 is 0 Å². The molecule has 3 aromatic carbocycles. The number of rotatable bonds is 5. The van der Waals surface area contributed by atoms with E-state index in [0.29, 0.717) is 6.54 Å². The van der Waals surface area contributed by atoms with Gasteiger partial charge in [0.25, 0.3) is 0 Å². The molecule has 0 bridgehead atoms. The summed E-state index contributed by atoms with van der Waals surface area (Å²) in [6.07, 6.45) is 0. The number of nitrogens with zero attached hydrogens (tertiary/aromatic N) is 1. The molecule has 1 aliphatic rings. The van der Waals surface area contributed by atoms with Crippen molar-refractivity contribution in [1.82, 2.24) is 0 Å². The van der Waals surface area contributed by atoms with Gasteiger partial charge in [-0.1, -0.05) is 66.2 Å². The van der Waals surface area contributed by atoms with Crippen LogP contribution in [0.15, 0.2) is 94.8 Å². The molecule has 0 N–H and O–H groups in total. The zero-order valence-corrected chi connectivity index (χ0v) is 15.6. The number of benzene rings is 3. The first-order valence-electron chi connectivity index (χ1n) is 8.79. The summed E-state index contributed by atoms with van der Waals surface area (Å²) >= 11 is 1.81. The average Bonchev–Trinajstić information content (AvgIpc) is 3.14. The van der Waals surface area contributed by atoms with Gasteiger partial charge in [0.2, 0.25) is 5.90 Å². The van der Waals surface area contributed by atoms with Crippen LogP contribution in [-0.4, -0.2) is 18.2 Å². The number of aryl methyl sites for hydroxylation is 1. The van der Waals surface area contributed by atoms with E-state index in [9.17, 15) is 0 Å². The fourth-order valence-electron chi connectivity index (χ4n) is 3.06. The predicted molar refractivity (Wildman–Crippen MR) is 109 cm³/mol. The van der Waals surface area contributed by atoms with Gasteiger partial charge < -0.3 is 4.74 Å². The molecule has 2 nitrogen and oxygen atoms in total. The average molecular weight is 359 g/mol. The molecular weight excluding hydrogens is 338 g/mol. The van der Waals surface area contributed by atoms with Gasteiger partial charge in [0.1, 0.15) is 0 Å². The first kappa shape index (κ1) is 16.9. The Morgan fingerprint density at radius 1 is 0.885 bits per heavy atom. The zero-order valence-electron chi connectivity index (χ0n) is 14.8. The van der Waals surface area contributed by atoms with Gasteiger partial charge >= 0.3 is 0 Å². The van der Waals surface area contributed by atoms with E-state index in [1.54, 1.807) is 0 Å². The second-order valence-corrected chi connectivity index (χ2v) is 7.60. The molecule has 0 amide bonds. The first-order valence-corrected chi connectivity index (χ1v) is 9.78. The van der Waals surface area contributed by atoms with Crippen molar-refractivity contribution in [2.45, 2.75) is 17.4 Å². The topological polar surface area (TPSA) is 21.6 Å². The summed E-state index contributed by atoms with van der Waals surface area (Å²) in [5, 5.41) is 0. The Hall–Kier alpha value is -2.52. The monoisotopic (exact) mass is 359 g/mol. The minimum atomic E-state index is -0.429. The van der Waals surface area contributed by atoms with E-state index in [0.717, 1.165) is 17.2 Å². The number of hydrogen-bond donors (Lipinski definition) is 0. The third-order valence-corrected chi connectivity index (χ3v) is 5.80. The van der Waals surface area contributed by atoms with Gasteiger partial charge in [0.05, 0.1) is 6.54 Å². The van der Waals surface area contributed by atoms with Crippen LogP contribution in [0.1, 0.15) is 16.7 Å². The van der Waals surface area contributed by atoms with Crippen LogP contribution in [0.3, 0.4) is 0 Å². The largest absolute Gasteiger partial charge is 0.463 e. The van der Waals surface area contributed by atoms with Gasteiger partial charge in [-0.3, -0.25) is 0 Å². The molecule has 0 fully saturated rings. The van der Waals surface area contributed by atoms with Crippen molar-refractivity contribution < 1.29 is 4.74 Å². The SMILES string of the molecule is Cc1ccc(C2=NCC(CSc3ccccc3)(c3ccccc3)O2)cc1. The summed E-state index contributed by atoms with van der Waals surface area (Å²) in [6, 6.07) is 29.3. The minimum absolute atomic E-state index is 0.429. The maximum atomic E-state index is 6.51. The van der Waals surface area contributed by atoms with Crippen molar-refractivity contribution >= 4 is 17.7 Å². The Bertz CT molecular complexity index is 891. The van der Waals surface area contributed by atoms with E-state index in [1.807, 2.05) is 23.9 Å². The smallest absolute Gasteiger partial charge is 0.217 e. The molecule has 4 rings (SSSR count). The van der Waals surface area contributed by atoms with Crippen LogP contribution in [0.5, 0.6) is 0 Å². The molecular formula is C23H21NOS. The Kier molecular flexibility index (Phi) is 4.81. The van der Waals surface area contributed by atoms with E-state index in [2.05, 4.69) is 79.7 Å². The summed E-state index contributed by atoms with van der Waals surface area (Å²) in [7, 11) is 0. The van der Waals surface area contributed by atoms with Crippen LogP contribution in [0.2, 0.25) is 0 Å². The lowest BCUT2D eigenvalue weighted by atomic mass is 9.96. The van der Waals surface area contributed by atoms with Crippen molar-refractivity contribution in [3.8, 4) is 0 Å². The van der Waals surface area contributed by atoms with Crippen LogP contribution in [0.4, 0.5) is 0 Å². The molecule has 0 radical (unpaired) electrons. The molecule has 1 heterocycles. The molecule has 130 valence electrons. The van der Waals surface area contributed by atoms with E-state index in [4.69, 9.17) is 9.73 Å². The summed E-state index contributed by atoms with van der Waals surface area (Å²) < 4.78 is 6.51. The fourth-order valence-corrected chi connectivity index (χ4v) is 4.13. The molecule has 26 heavy (non-hydrogen) atoms. The maximum absolute atomic E-state index is 6.51. The highest BCUT2D eigenvalue weighted by molar-refractivity contribution is 7.99. The van der Waals surface area contributed by atoms with Crippen LogP contribution in [-0.2, 0) is 10.3 Å². The van der Waals surface area contributed by atoms with Gasteiger partial charge in [-0.2, -0.15) is 0 Å². The number of hydrogen-bond acceptors (Lipinski definition) is 3. The van der Waals surface area contributed by atoms with Gasteiger partial charge in [0, 0.05) is 16.2 Å². The van der Waals surface area contributed by atoms with Crippen LogP contribution in [0, 0.1) is 6.92 Å². The summed E-state index contributed by atoms with van der Waals surface area (Å²) in [6.45, 7) is 2.73. The molecule has 3 aromatic rings. The highest BCUT2D eigenvalue weighted by Gasteiger charge is 2.40. The Labute approximate surface area is 158 Å². The van der Waals surface area contributed by atoms with Gasteiger partial charge in [-0.15, -0.1) is 11.8 Å². The standard InChI is InChI=1S/C23H21NOS/c1-18-12-14-19(15-13-18)22-24-16-23(25-22,20-8-4-2-5-9-20)17-26-21-10-6-3-7-11-21/h2-15H,16-17H2,1H3. The first-order chi connectivity index (χ1) is 12.8. The fraction of sp³-hybridized carbons (Fsp3) is 0.174. The van der Waals surface area contributed by atoms with Gasteiger partial charge in [-0.25, -0.2) is 4.99 Å². The molecule has 1 aliphatic heterocycles. The van der Waals surface area contributed by atoms with E-state index in [-0.39, 0.29) is 0 Å². The molecule has 0 saturated carbocycles. The highest BCUT2D eigenvalue weighted by Crippen LogP contribution is 2.37. The molecule has 0 saturated heterocycles. The quantitative estimate of drug-likeness (QED) is 0.564. The van der Waals surface area contributed by atoms with Crippen molar-refractivity contribution in [1.29, 1.82) is 0 Å². The second-order valence-electron chi connectivity index (χ2n) is 6.55. The summed E-state index contributed by atoms with van der Waals surface area (Å²) in [5.41, 5.74) is 3.02. The molecule has 1 unspecified atom stereocenters.